The number of hydrogen-bond acceptors (Lipinski definition) is 3. The number of nitrogens with one attached hydrogen (secondary N) is 1. The molecule has 1 aliphatic carbocycles. The molecule has 0 radical (unpaired) electrons. The van der Waals surface area contributed by atoms with Gasteiger partial charge in [0.2, 0.25) is 0 Å². The summed E-state index contributed by atoms with van der Waals surface area (Å²) in [5.41, 5.74) is 1.07. The van der Waals surface area contributed by atoms with Gasteiger partial charge in [0.15, 0.2) is 0 Å². The molecule has 0 spiro atoms. The van der Waals surface area contributed by atoms with Crippen molar-refractivity contribution in [3.8, 4) is 0 Å². The number of unbranched alkanes of at least 4 members (excludes halogenated alkanes) is 3. The monoisotopic (exact) mass is 425 g/mol. The Balaban J connectivity index is 1.95. The molecule has 1 N–H and O–H groups in total. The molecule has 0 bridgehead atoms. The van der Waals surface area contributed by atoms with Crippen LogP contribution in [0.3, 0.4) is 0 Å². The fourth-order valence-electron chi connectivity index (χ4n) is 5.70. The van der Waals surface area contributed by atoms with Crippen LogP contribution in [0.4, 0.5) is 0 Å². The molecule has 2 nitrogen and oxygen atoms in total. The zero-order chi connectivity index (χ0) is 21.2. The maximum absolute atomic E-state index is 5.88. The van der Waals surface area contributed by atoms with Gasteiger partial charge in [0.25, 0.3) is 0 Å². The molecule has 6 unspecified atom stereocenters. The van der Waals surface area contributed by atoms with Crippen LogP contribution < -0.4 is 4.98 Å². The van der Waals surface area contributed by atoms with Crippen molar-refractivity contribution in [2.75, 3.05) is 6.61 Å². The zero-order valence-electron chi connectivity index (χ0n) is 20.1. The van der Waals surface area contributed by atoms with E-state index in [4.69, 9.17) is 4.74 Å². The van der Waals surface area contributed by atoms with E-state index in [9.17, 15) is 0 Å². The molecule has 1 aliphatic heterocycles. The molecule has 2 aliphatic rings. The summed E-state index contributed by atoms with van der Waals surface area (Å²) in [5, 5.41) is 3.22. The van der Waals surface area contributed by atoms with Crippen molar-refractivity contribution in [3.63, 3.8) is 0 Å². The highest BCUT2D eigenvalue weighted by Gasteiger charge is 2.55. The summed E-state index contributed by atoms with van der Waals surface area (Å²) in [5.74, 6) is 2.46. The highest BCUT2D eigenvalue weighted by atomic mass is 32.2. The molecule has 164 valence electrons. The van der Waals surface area contributed by atoms with Gasteiger partial charge in [0.1, 0.15) is 8.24 Å². The normalized spacial score (nSPS) is 32.5. The zero-order valence-corrected chi connectivity index (χ0v) is 21.9. The van der Waals surface area contributed by atoms with Gasteiger partial charge < -0.3 is 9.72 Å². The lowest BCUT2D eigenvalue weighted by Crippen LogP contribution is -2.60. The lowest BCUT2D eigenvalue weighted by molar-refractivity contribution is -0.00471. The first-order valence-electron chi connectivity index (χ1n) is 11.6. The molecule has 28 heavy (non-hydrogen) atoms. The third-order valence-electron chi connectivity index (χ3n) is 6.77. The smallest absolute Gasteiger partial charge is 0.126 e. The van der Waals surface area contributed by atoms with Crippen molar-refractivity contribution in [1.82, 2.24) is 4.98 Å². The summed E-state index contributed by atoms with van der Waals surface area (Å²) in [6, 6.07) is 1.41. The topological polar surface area (TPSA) is 21.3 Å². The van der Waals surface area contributed by atoms with E-state index >= 15 is 0 Å². The minimum atomic E-state index is -1.59. The highest BCUT2D eigenvalue weighted by Crippen LogP contribution is 2.58. The lowest BCUT2D eigenvalue weighted by Gasteiger charge is -2.44. The highest BCUT2D eigenvalue weighted by molar-refractivity contribution is 8.03. The van der Waals surface area contributed by atoms with Crippen molar-refractivity contribution >= 4 is 20.0 Å². The van der Waals surface area contributed by atoms with Crippen LogP contribution in [0.2, 0.25) is 18.1 Å². The van der Waals surface area contributed by atoms with Gasteiger partial charge in [-0.25, -0.2) is 0 Å². The lowest BCUT2D eigenvalue weighted by atomic mass is 10.0. The van der Waals surface area contributed by atoms with E-state index in [1.807, 2.05) is 0 Å². The Morgan fingerprint density at radius 3 is 2.21 bits per heavy atom. The van der Waals surface area contributed by atoms with Crippen LogP contribution in [0.15, 0.2) is 11.5 Å². The predicted octanol–water partition coefficient (Wildman–Crippen LogP) is 7.23. The molecular formula is C24H47NOSSi. The van der Waals surface area contributed by atoms with E-state index in [2.05, 4.69) is 90.2 Å². The van der Waals surface area contributed by atoms with Crippen LogP contribution in [0.25, 0.3) is 0 Å². The van der Waals surface area contributed by atoms with Crippen LogP contribution in [0.5, 0.6) is 0 Å². The summed E-state index contributed by atoms with van der Waals surface area (Å²) in [6.45, 7) is 22.1. The molecular weight excluding hydrogens is 378 g/mol. The third kappa shape index (κ3) is 6.62. The number of fused-ring (bicyclic) bond motifs is 1. The van der Waals surface area contributed by atoms with E-state index in [0.717, 1.165) is 35.2 Å². The Morgan fingerprint density at radius 1 is 0.964 bits per heavy atom. The standard InChI is InChI=1S/C24H47NOSSi/c1-18-19(2)22(20-14-16-27-21(18)20)28(9,25-23(3,4)5)17-13-11-10-12-15-26-24(6,7)8/h14,16,18-22,25H,10-13,15,17H2,1-9H3. The molecule has 1 fully saturated rings. The van der Waals surface area contributed by atoms with Crippen LogP contribution in [0, 0.1) is 17.8 Å². The van der Waals surface area contributed by atoms with Gasteiger partial charge in [0.05, 0.1) is 5.60 Å². The summed E-state index contributed by atoms with van der Waals surface area (Å²) in [7, 11) is -1.59. The van der Waals surface area contributed by atoms with Crippen molar-refractivity contribution in [2.24, 2.45) is 17.8 Å². The van der Waals surface area contributed by atoms with Crippen LogP contribution in [-0.4, -0.2) is 31.2 Å². The third-order valence-corrected chi connectivity index (χ3v) is 13.2. The Hall–Kier alpha value is 0.227. The van der Waals surface area contributed by atoms with E-state index in [1.54, 1.807) is 0 Å². The summed E-state index contributed by atoms with van der Waals surface area (Å²) in [4.78, 5) is 4.23. The Bertz CT molecular complexity index is 524. The second kappa shape index (κ2) is 9.57. The summed E-state index contributed by atoms with van der Waals surface area (Å²) in [6.07, 6.45) is 7.77. The van der Waals surface area contributed by atoms with Crippen LogP contribution >= 0.6 is 11.8 Å². The van der Waals surface area contributed by atoms with Crippen molar-refractivity contribution in [1.29, 1.82) is 0 Å². The molecule has 6 atom stereocenters. The Labute approximate surface area is 181 Å². The molecule has 0 aromatic carbocycles. The fourth-order valence-corrected chi connectivity index (χ4v) is 13.2. The molecule has 2 rings (SSSR count). The molecule has 1 heterocycles. The number of rotatable bonds is 9. The Kier molecular flexibility index (Phi) is 8.38. The number of ether oxygens (including phenoxy) is 1. The maximum Gasteiger partial charge on any atom is 0.126 e. The van der Waals surface area contributed by atoms with Gasteiger partial charge in [-0.15, -0.1) is 11.8 Å². The molecule has 0 saturated heterocycles. The maximum atomic E-state index is 5.88. The first-order valence-corrected chi connectivity index (χ1v) is 15.3. The molecule has 1 saturated carbocycles. The quantitative estimate of drug-likeness (QED) is 0.311. The Morgan fingerprint density at radius 2 is 1.61 bits per heavy atom. The minimum Gasteiger partial charge on any atom is -0.376 e. The van der Waals surface area contributed by atoms with E-state index in [0.29, 0.717) is 0 Å². The minimum absolute atomic E-state index is 0.000766. The van der Waals surface area contributed by atoms with Crippen molar-refractivity contribution in [2.45, 2.75) is 116 Å². The summed E-state index contributed by atoms with van der Waals surface area (Å²) < 4.78 is 5.88. The van der Waals surface area contributed by atoms with Gasteiger partial charge in [-0.05, 0) is 82.7 Å². The molecule has 0 aromatic heterocycles. The molecule has 4 heteroatoms. The fraction of sp³-hybridized carbons (Fsp3) is 0.917. The van der Waals surface area contributed by atoms with E-state index in [1.165, 1.54) is 31.7 Å². The first-order chi connectivity index (χ1) is 12.8. The van der Waals surface area contributed by atoms with E-state index in [-0.39, 0.29) is 11.1 Å². The number of thioether (sulfide) groups is 1. The van der Waals surface area contributed by atoms with Gasteiger partial charge in [-0.2, -0.15) is 0 Å². The largest absolute Gasteiger partial charge is 0.376 e. The van der Waals surface area contributed by atoms with Crippen molar-refractivity contribution < 1.29 is 4.74 Å². The van der Waals surface area contributed by atoms with Crippen molar-refractivity contribution in [3.05, 3.63) is 11.5 Å². The second-order valence-electron chi connectivity index (χ2n) is 11.7. The van der Waals surface area contributed by atoms with Gasteiger partial charge in [-0.1, -0.05) is 45.7 Å². The van der Waals surface area contributed by atoms with Gasteiger partial charge in [-0.3, -0.25) is 0 Å². The summed E-state index contributed by atoms with van der Waals surface area (Å²) >= 11 is 2.10. The second-order valence-corrected chi connectivity index (χ2v) is 17.0. The van der Waals surface area contributed by atoms with Gasteiger partial charge >= 0.3 is 0 Å². The number of allylic oxidation sites excluding steroid dienone is 1. The predicted molar refractivity (Wildman–Crippen MR) is 130 cm³/mol. The first kappa shape index (κ1) is 24.5. The van der Waals surface area contributed by atoms with Crippen LogP contribution in [0.1, 0.15) is 81.1 Å². The van der Waals surface area contributed by atoms with Crippen LogP contribution in [-0.2, 0) is 4.74 Å². The number of hydrogen-bond donors (Lipinski definition) is 1. The molecule has 0 aromatic rings. The average Bonchev–Trinajstić information content (AvgIpc) is 3.07. The average molecular weight is 426 g/mol. The molecule has 0 amide bonds. The SMILES string of the molecule is CC1C(C)C([Si](C)(CCCCCCOC(C)(C)C)NC(C)(C)C)C2C=CSC12. The van der Waals surface area contributed by atoms with Gasteiger partial charge in [0, 0.05) is 17.4 Å². The van der Waals surface area contributed by atoms with E-state index < -0.39 is 8.24 Å².